The molecule has 0 spiro atoms. The Balaban J connectivity index is 1.86. The Morgan fingerprint density at radius 1 is 1.43 bits per heavy atom. The fraction of sp³-hybridized carbons (Fsp3) is 0.417. The van der Waals surface area contributed by atoms with Gasteiger partial charge in [0.25, 0.3) is 0 Å². The van der Waals surface area contributed by atoms with E-state index < -0.39 is 0 Å². The first-order valence-corrected chi connectivity index (χ1v) is 7.47. The number of carbonyl (C=O) groups is 1. The molecule has 3 heterocycles. The molecule has 0 saturated heterocycles. The maximum absolute atomic E-state index is 12.2. The molecule has 110 valence electrons. The molecule has 1 aliphatic rings. The van der Waals surface area contributed by atoms with Crippen LogP contribution in [-0.4, -0.2) is 32.1 Å². The predicted octanol–water partition coefficient (Wildman–Crippen LogP) is 1.85. The number of nitrogens with one attached hydrogen (secondary N) is 3. The van der Waals surface area contributed by atoms with Crippen molar-refractivity contribution in [3.8, 4) is 0 Å². The minimum Gasteiger partial charge on any atom is -0.356 e. The highest BCUT2D eigenvalue weighted by atomic mass is 32.1. The fourth-order valence-corrected chi connectivity index (χ4v) is 2.56. The highest BCUT2D eigenvalue weighted by molar-refractivity contribution is 7.13. The Kier molecular flexibility index (Phi) is 3.65. The van der Waals surface area contributed by atoms with E-state index in [1.165, 1.54) is 17.7 Å². The topological polar surface area (TPSA) is 105 Å². The molecule has 0 aromatic carbocycles. The largest absolute Gasteiger partial charge is 0.356 e. The molecule has 1 aliphatic heterocycles. The predicted molar refractivity (Wildman–Crippen MR) is 80.7 cm³/mol. The zero-order chi connectivity index (χ0) is 14.8. The monoisotopic (exact) mass is 305 g/mol. The first-order chi connectivity index (χ1) is 10.1. The molecule has 1 amide bonds. The first-order valence-electron chi connectivity index (χ1n) is 6.59. The van der Waals surface area contributed by atoms with Crippen LogP contribution in [0.5, 0.6) is 0 Å². The average molecular weight is 305 g/mol. The standard InChI is InChI=1S/C12H15N7OS/c1-6(2)3-7-11(20)17-8-9(16-7)13-4-14-10(8)18-12-19-15-5-21-12/h4-7H,3H2,1-2H3,(H,17,20)(H2,13,14,16,18,19). The average Bonchev–Trinajstić information content (AvgIpc) is 2.93. The van der Waals surface area contributed by atoms with Gasteiger partial charge in [-0.25, -0.2) is 9.97 Å². The van der Waals surface area contributed by atoms with Gasteiger partial charge in [-0.3, -0.25) is 4.79 Å². The van der Waals surface area contributed by atoms with E-state index in [4.69, 9.17) is 0 Å². The summed E-state index contributed by atoms with van der Waals surface area (Å²) < 4.78 is 0. The molecule has 1 unspecified atom stereocenters. The second-order valence-electron chi connectivity index (χ2n) is 5.13. The van der Waals surface area contributed by atoms with Crippen molar-refractivity contribution in [1.29, 1.82) is 0 Å². The molecule has 1 atom stereocenters. The minimum absolute atomic E-state index is 0.0775. The molecule has 0 fully saturated rings. The molecule has 2 aromatic heterocycles. The van der Waals surface area contributed by atoms with E-state index in [0.29, 0.717) is 28.4 Å². The van der Waals surface area contributed by atoms with Crippen molar-refractivity contribution in [1.82, 2.24) is 20.2 Å². The summed E-state index contributed by atoms with van der Waals surface area (Å²) in [6, 6.07) is -0.276. The molecular formula is C12H15N7OS. The summed E-state index contributed by atoms with van der Waals surface area (Å²) in [4.78, 5) is 20.5. The lowest BCUT2D eigenvalue weighted by molar-refractivity contribution is -0.117. The number of carbonyl (C=O) groups excluding carboxylic acids is 1. The van der Waals surface area contributed by atoms with E-state index in [1.807, 2.05) is 0 Å². The number of rotatable bonds is 4. The second kappa shape index (κ2) is 5.60. The van der Waals surface area contributed by atoms with Crippen LogP contribution in [0.4, 0.5) is 22.5 Å². The van der Waals surface area contributed by atoms with Crippen LogP contribution >= 0.6 is 11.3 Å². The normalized spacial score (nSPS) is 17.1. The zero-order valence-electron chi connectivity index (χ0n) is 11.6. The summed E-state index contributed by atoms with van der Waals surface area (Å²) in [5.74, 6) is 1.45. The summed E-state index contributed by atoms with van der Waals surface area (Å²) in [6.07, 6.45) is 2.19. The van der Waals surface area contributed by atoms with E-state index in [1.54, 1.807) is 5.51 Å². The van der Waals surface area contributed by atoms with Crippen molar-refractivity contribution in [2.75, 3.05) is 16.0 Å². The Bertz CT molecular complexity index is 643. The van der Waals surface area contributed by atoms with Crippen molar-refractivity contribution in [3.05, 3.63) is 11.8 Å². The van der Waals surface area contributed by atoms with Gasteiger partial charge in [-0.2, -0.15) is 0 Å². The van der Waals surface area contributed by atoms with Gasteiger partial charge >= 0.3 is 0 Å². The third-order valence-electron chi connectivity index (χ3n) is 3.02. The smallest absolute Gasteiger partial charge is 0.247 e. The van der Waals surface area contributed by atoms with Crippen molar-refractivity contribution in [3.63, 3.8) is 0 Å². The molecule has 0 radical (unpaired) electrons. The van der Waals surface area contributed by atoms with Crippen molar-refractivity contribution < 1.29 is 4.79 Å². The molecule has 21 heavy (non-hydrogen) atoms. The number of amides is 1. The molecule has 3 N–H and O–H groups in total. The molecule has 0 saturated carbocycles. The number of nitrogens with zero attached hydrogens (tertiary/aromatic N) is 4. The number of hydrogen-bond acceptors (Lipinski definition) is 8. The van der Waals surface area contributed by atoms with E-state index in [9.17, 15) is 4.79 Å². The van der Waals surface area contributed by atoms with Gasteiger partial charge in [0, 0.05) is 0 Å². The van der Waals surface area contributed by atoms with Gasteiger partial charge in [0.15, 0.2) is 11.6 Å². The molecule has 8 nitrogen and oxygen atoms in total. The molecule has 9 heteroatoms. The van der Waals surface area contributed by atoms with Crippen LogP contribution < -0.4 is 16.0 Å². The quantitative estimate of drug-likeness (QED) is 0.791. The van der Waals surface area contributed by atoms with Crippen LogP contribution in [0, 0.1) is 5.92 Å². The Labute approximate surface area is 125 Å². The third kappa shape index (κ3) is 2.92. The summed E-state index contributed by atoms with van der Waals surface area (Å²) in [5, 5.41) is 17.3. The van der Waals surface area contributed by atoms with E-state index in [2.05, 4.69) is 50.0 Å². The summed E-state index contributed by atoms with van der Waals surface area (Å²) in [5.41, 5.74) is 2.16. The van der Waals surface area contributed by atoms with Gasteiger partial charge in [0.1, 0.15) is 23.6 Å². The van der Waals surface area contributed by atoms with Crippen molar-refractivity contribution in [2.45, 2.75) is 26.3 Å². The number of aromatic nitrogens is 4. The van der Waals surface area contributed by atoms with Crippen LogP contribution in [-0.2, 0) is 4.79 Å². The van der Waals surface area contributed by atoms with Crippen LogP contribution in [0.15, 0.2) is 11.8 Å². The van der Waals surface area contributed by atoms with Crippen LogP contribution in [0.1, 0.15) is 20.3 Å². The molecular weight excluding hydrogens is 290 g/mol. The van der Waals surface area contributed by atoms with Crippen LogP contribution in [0.3, 0.4) is 0 Å². The summed E-state index contributed by atoms with van der Waals surface area (Å²) in [7, 11) is 0. The van der Waals surface area contributed by atoms with E-state index in [0.717, 1.165) is 6.42 Å². The molecule has 2 aromatic rings. The van der Waals surface area contributed by atoms with Crippen molar-refractivity contribution >= 4 is 39.7 Å². The maximum Gasteiger partial charge on any atom is 0.247 e. The Morgan fingerprint density at radius 2 is 2.29 bits per heavy atom. The maximum atomic E-state index is 12.2. The number of fused-ring (bicyclic) bond motifs is 1. The molecule has 0 bridgehead atoms. The summed E-state index contributed by atoms with van der Waals surface area (Å²) >= 11 is 1.35. The summed E-state index contributed by atoms with van der Waals surface area (Å²) in [6.45, 7) is 4.15. The minimum atomic E-state index is -0.276. The van der Waals surface area contributed by atoms with E-state index in [-0.39, 0.29) is 11.9 Å². The van der Waals surface area contributed by atoms with Gasteiger partial charge in [-0.05, 0) is 12.3 Å². The lowest BCUT2D eigenvalue weighted by atomic mass is 10.0. The number of anilines is 4. The van der Waals surface area contributed by atoms with Crippen LogP contribution in [0.25, 0.3) is 0 Å². The van der Waals surface area contributed by atoms with Gasteiger partial charge in [0.2, 0.25) is 11.0 Å². The SMILES string of the molecule is CC(C)CC1Nc2ncnc(Nc3nncs3)c2NC1=O. The molecule has 0 aliphatic carbocycles. The fourth-order valence-electron chi connectivity index (χ4n) is 2.12. The Hall–Kier alpha value is -2.29. The third-order valence-corrected chi connectivity index (χ3v) is 3.62. The Morgan fingerprint density at radius 3 is 3.00 bits per heavy atom. The zero-order valence-corrected chi connectivity index (χ0v) is 12.4. The first kappa shape index (κ1) is 13.7. The number of hydrogen-bond donors (Lipinski definition) is 3. The second-order valence-corrected chi connectivity index (χ2v) is 5.96. The highest BCUT2D eigenvalue weighted by Crippen LogP contribution is 2.33. The lowest BCUT2D eigenvalue weighted by Crippen LogP contribution is -2.40. The highest BCUT2D eigenvalue weighted by Gasteiger charge is 2.29. The van der Waals surface area contributed by atoms with Crippen molar-refractivity contribution in [2.24, 2.45) is 5.92 Å². The van der Waals surface area contributed by atoms with Gasteiger partial charge < -0.3 is 16.0 Å². The van der Waals surface area contributed by atoms with E-state index >= 15 is 0 Å². The molecule has 3 rings (SSSR count). The van der Waals surface area contributed by atoms with Gasteiger partial charge in [0.05, 0.1) is 0 Å². The van der Waals surface area contributed by atoms with Gasteiger partial charge in [-0.15, -0.1) is 10.2 Å². The lowest BCUT2D eigenvalue weighted by Gasteiger charge is -2.27. The van der Waals surface area contributed by atoms with Gasteiger partial charge in [-0.1, -0.05) is 25.2 Å². The van der Waals surface area contributed by atoms with Crippen LogP contribution in [0.2, 0.25) is 0 Å².